The van der Waals surface area contributed by atoms with Crippen molar-refractivity contribution in [1.29, 1.82) is 5.26 Å². The van der Waals surface area contributed by atoms with Crippen LogP contribution in [0.1, 0.15) is 19.3 Å². The molecule has 222 valence electrons. The van der Waals surface area contributed by atoms with E-state index in [0.29, 0.717) is 65.0 Å². The van der Waals surface area contributed by atoms with Gasteiger partial charge in [0.1, 0.15) is 18.2 Å². The van der Waals surface area contributed by atoms with Crippen molar-refractivity contribution in [2.75, 3.05) is 50.5 Å². The Morgan fingerprint density at radius 1 is 1.28 bits per heavy atom. The molecule has 0 spiro atoms. The van der Waals surface area contributed by atoms with Gasteiger partial charge in [0.05, 0.1) is 46.2 Å². The molecule has 1 amide bonds. The summed E-state index contributed by atoms with van der Waals surface area (Å²) >= 11 is 6.44. The topological polar surface area (TPSA) is 140 Å². The molecule has 0 unspecified atom stereocenters. The number of nitrogen functional groups attached to an aromatic ring is 1. The van der Waals surface area contributed by atoms with Gasteiger partial charge < -0.3 is 25.2 Å². The summed E-state index contributed by atoms with van der Waals surface area (Å²) in [6.45, 7) is 6.26. The van der Waals surface area contributed by atoms with Gasteiger partial charge in [-0.1, -0.05) is 18.2 Å². The number of halogens is 2. The summed E-state index contributed by atoms with van der Waals surface area (Å²) in [5.74, 6) is -0.264. The molecule has 2 aromatic heterocycles. The molecule has 43 heavy (non-hydrogen) atoms. The van der Waals surface area contributed by atoms with Crippen LogP contribution in [0.5, 0.6) is 6.01 Å². The molecule has 2 aliphatic heterocycles. The molecular formula is C30H31ClFN9O2. The van der Waals surface area contributed by atoms with Crippen molar-refractivity contribution in [2.24, 2.45) is 0 Å². The Balaban J connectivity index is 1.51. The smallest absolute Gasteiger partial charge is 0.319 e. The van der Waals surface area contributed by atoms with Crippen molar-refractivity contribution in [1.82, 2.24) is 30.0 Å². The van der Waals surface area contributed by atoms with E-state index in [2.05, 4.69) is 34.8 Å². The number of benzene rings is 2. The highest BCUT2D eigenvalue weighted by molar-refractivity contribution is 6.34. The van der Waals surface area contributed by atoms with Crippen molar-refractivity contribution in [3.63, 3.8) is 0 Å². The van der Waals surface area contributed by atoms with E-state index >= 15 is 0 Å². The number of likely N-dealkylation sites (tertiary alicyclic amines) is 1. The van der Waals surface area contributed by atoms with Crippen molar-refractivity contribution < 1.29 is 13.9 Å². The summed E-state index contributed by atoms with van der Waals surface area (Å²) in [5, 5.41) is 18.2. The van der Waals surface area contributed by atoms with Crippen LogP contribution < -0.4 is 15.4 Å². The second-order valence-corrected chi connectivity index (χ2v) is 11.3. The van der Waals surface area contributed by atoms with Gasteiger partial charge in [0.25, 0.3) is 0 Å². The number of rotatable bonds is 7. The first kappa shape index (κ1) is 28.6. The number of piperazine rings is 1. The maximum absolute atomic E-state index is 14.7. The van der Waals surface area contributed by atoms with E-state index in [1.165, 1.54) is 12.1 Å². The largest absolute Gasteiger partial charge is 0.462 e. The molecule has 0 bridgehead atoms. The number of anilines is 2. The molecule has 2 aliphatic rings. The minimum atomic E-state index is -0.628. The van der Waals surface area contributed by atoms with Crippen LogP contribution in [0.3, 0.4) is 0 Å². The third kappa shape index (κ3) is 5.30. The van der Waals surface area contributed by atoms with Crippen LogP contribution in [0.2, 0.25) is 5.02 Å². The summed E-state index contributed by atoms with van der Waals surface area (Å²) in [5.41, 5.74) is 8.41. The molecule has 2 aromatic carbocycles. The fourth-order valence-corrected chi connectivity index (χ4v) is 6.31. The molecule has 4 heterocycles. The molecule has 4 aromatic rings. The summed E-state index contributed by atoms with van der Waals surface area (Å²) in [6, 6.07) is 6.90. The van der Waals surface area contributed by atoms with Gasteiger partial charge in [-0.15, -0.1) is 0 Å². The van der Waals surface area contributed by atoms with Crippen LogP contribution in [0, 0.1) is 17.1 Å². The number of hydrogen-bond acceptors (Lipinski definition) is 9. The lowest BCUT2D eigenvalue weighted by molar-refractivity contribution is -0.128. The number of carbonyl (C=O) groups is 1. The normalized spacial score (nSPS) is 19.2. The Morgan fingerprint density at radius 3 is 2.86 bits per heavy atom. The minimum Gasteiger partial charge on any atom is -0.462 e. The summed E-state index contributed by atoms with van der Waals surface area (Å²) < 4.78 is 20.9. The minimum absolute atomic E-state index is 0.0616. The number of nitriles is 1. The number of ether oxygens (including phenoxy) is 1. The van der Waals surface area contributed by atoms with Gasteiger partial charge in [0.2, 0.25) is 5.91 Å². The maximum Gasteiger partial charge on any atom is 0.319 e. The van der Waals surface area contributed by atoms with E-state index < -0.39 is 5.82 Å². The van der Waals surface area contributed by atoms with E-state index in [9.17, 15) is 14.4 Å². The molecule has 2 atom stereocenters. The molecule has 6 rings (SSSR count). The highest BCUT2D eigenvalue weighted by Gasteiger charge is 2.32. The number of H-pyrrole nitrogens is 1. The summed E-state index contributed by atoms with van der Waals surface area (Å²) in [4.78, 5) is 28.2. The van der Waals surface area contributed by atoms with E-state index in [4.69, 9.17) is 32.0 Å². The van der Waals surface area contributed by atoms with Crippen LogP contribution in [-0.2, 0) is 4.79 Å². The van der Waals surface area contributed by atoms with Crippen LogP contribution in [0.25, 0.3) is 32.9 Å². The number of nitrogens with zero attached hydrogens (tertiary/aromatic N) is 7. The van der Waals surface area contributed by atoms with Gasteiger partial charge in [-0.3, -0.25) is 9.89 Å². The average Bonchev–Trinajstić information content (AvgIpc) is 3.66. The van der Waals surface area contributed by atoms with E-state index in [-0.39, 0.29) is 41.1 Å². The molecule has 13 heteroatoms. The standard InChI is InChI=1S/C30H31ClFN9O2/c1-3-25(42)41-10-9-40(15-18(41)6-7-33)29-26-24(36-30(37-29)43-16-19-5-4-8-39(19)2)13-20(22-14-35-38-28(22)26)21-11-17(34)12-23(32)27(21)31/h3,11-14,18-19H,1,4-6,8-10,15-16,34H2,2H3,(H,35,38)/t18-,19-/m0/s1. The average molecular weight is 604 g/mol. The zero-order chi connectivity index (χ0) is 30.2. The van der Waals surface area contributed by atoms with Gasteiger partial charge in [-0.2, -0.15) is 20.3 Å². The first-order chi connectivity index (χ1) is 20.8. The lowest BCUT2D eigenvalue weighted by Crippen LogP contribution is -2.55. The first-order valence-corrected chi connectivity index (χ1v) is 14.5. The number of carbonyl (C=O) groups excluding carboxylic acids is 1. The number of nitrogens with two attached hydrogens (primary N) is 1. The van der Waals surface area contributed by atoms with Gasteiger partial charge in [0, 0.05) is 42.3 Å². The molecule has 11 nitrogen and oxygen atoms in total. The highest BCUT2D eigenvalue weighted by Crippen LogP contribution is 2.41. The van der Waals surface area contributed by atoms with Crippen LogP contribution in [0.15, 0.2) is 37.1 Å². The Labute approximate surface area is 252 Å². The number of nitrogens with one attached hydrogen (secondary N) is 1. The zero-order valence-corrected chi connectivity index (χ0v) is 24.4. The SMILES string of the molecule is C=CC(=O)N1CCN(c2nc(OC[C@@H]3CCCN3C)nc3cc(-c4cc(N)cc(F)c4Cl)c4cn[nH]c4c23)C[C@@H]1CC#N. The van der Waals surface area contributed by atoms with Gasteiger partial charge in [-0.25, -0.2) is 4.39 Å². The molecule has 0 saturated carbocycles. The fraction of sp³-hybridized carbons (Fsp3) is 0.367. The van der Waals surface area contributed by atoms with Crippen molar-refractivity contribution in [3.8, 4) is 23.2 Å². The summed E-state index contributed by atoms with van der Waals surface area (Å²) in [7, 11) is 2.07. The highest BCUT2D eigenvalue weighted by atomic mass is 35.5. The Hall–Kier alpha value is -4.47. The van der Waals surface area contributed by atoms with Gasteiger partial charge >= 0.3 is 6.01 Å². The predicted molar refractivity (Wildman–Crippen MR) is 163 cm³/mol. The molecular weight excluding hydrogens is 573 g/mol. The van der Waals surface area contributed by atoms with E-state index in [0.717, 1.165) is 19.4 Å². The Morgan fingerprint density at radius 2 is 2.12 bits per heavy atom. The lowest BCUT2D eigenvalue weighted by Gasteiger charge is -2.41. The number of amides is 1. The van der Waals surface area contributed by atoms with Crippen LogP contribution in [-0.4, -0.2) is 87.8 Å². The van der Waals surface area contributed by atoms with E-state index in [1.807, 2.05) is 11.0 Å². The number of hydrogen-bond donors (Lipinski definition) is 2. The zero-order valence-electron chi connectivity index (χ0n) is 23.7. The lowest BCUT2D eigenvalue weighted by atomic mass is 9.98. The Bertz CT molecular complexity index is 1770. The number of aromatic amines is 1. The van der Waals surface area contributed by atoms with Gasteiger partial charge in [0.15, 0.2) is 0 Å². The molecule has 0 aliphatic carbocycles. The van der Waals surface area contributed by atoms with E-state index in [1.54, 1.807) is 17.2 Å². The van der Waals surface area contributed by atoms with Crippen molar-refractivity contribution in [2.45, 2.75) is 31.3 Å². The monoisotopic (exact) mass is 603 g/mol. The molecule has 2 fully saturated rings. The number of aromatic nitrogens is 4. The first-order valence-electron chi connectivity index (χ1n) is 14.1. The summed E-state index contributed by atoms with van der Waals surface area (Å²) in [6.07, 6.45) is 5.18. The van der Waals surface area contributed by atoms with Gasteiger partial charge in [-0.05, 0) is 56.3 Å². The number of fused-ring (bicyclic) bond motifs is 3. The molecule has 3 N–H and O–H groups in total. The molecule has 2 saturated heterocycles. The fourth-order valence-electron chi connectivity index (χ4n) is 6.10. The third-order valence-electron chi connectivity index (χ3n) is 8.34. The predicted octanol–water partition coefficient (Wildman–Crippen LogP) is 4.14. The van der Waals surface area contributed by atoms with Crippen molar-refractivity contribution >= 4 is 50.8 Å². The second-order valence-electron chi connectivity index (χ2n) is 11.0. The second kappa shape index (κ2) is 11.7. The third-order valence-corrected chi connectivity index (χ3v) is 8.73. The number of likely N-dealkylation sites (N-methyl/N-ethyl adjacent to an activating group) is 1. The quantitative estimate of drug-likeness (QED) is 0.235. The molecule has 0 radical (unpaired) electrons. The maximum atomic E-state index is 14.7. The van der Waals surface area contributed by atoms with Crippen LogP contribution >= 0.6 is 11.6 Å². The Kier molecular flexibility index (Phi) is 7.77. The van der Waals surface area contributed by atoms with Crippen LogP contribution in [0.4, 0.5) is 15.9 Å². The van der Waals surface area contributed by atoms with Crippen molar-refractivity contribution in [3.05, 3.63) is 47.9 Å².